The van der Waals surface area contributed by atoms with Crippen LogP contribution in [0.2, 0.25) is 0 Å². The lowest BCUT2D eigenvalue weighted by molar-refractivity contribution is -0.122. The van der Waals surface area contributed by atoms with Crippen LogP contribution in [0.15, 0.2) is 28.7 Å². The van der Waals surface area contributed by atoms with Crippen LogP contribution in [-0.2, 0) is 11.3 Å². The van der Waals surface area contributed by atoms with Gasteiger partial charge in [0.05, 0.1) is 0 Å². The number of hydrogen-bond donors (Lipinski definition) is 1. The maximum atomic E-state index is 12.0. The van der Waals surface area contributed by atoms with Crippen LogP contribution in [0.1, 0.15) is 33.6 Å². The molecule has 0 saturated carbocycles. The van der Waals surface area contributed by atoms with Crippen molar-refractivity contribution in [3.8, 4) is 11.4 Å². The molecule has 2 aromatic rings. The van der Waals surface area contributed by atoms with Gasteiger partial charge in [0.25, 0.3) is 0 Å². The molecule has 0 bridgehead atoms. The van der Waals surface area contributed by atoms with E-state index in [1.807, 2.05) is 31.2 Å². The van der Waals surface area contributed by atoms with Crippen molar-refractivity contribution in [1.29, 1.82) is 0 Å². The lowest BCUT2D eigenvalue weighted by atomic mass is 10.0. The zero-order chi connectivity index (χ0) is 16.8. The van der Waals surface area contributed by atoms with E-state index in [2.05, 4.69) is 50.5 Å². The monoisotopic (exact) mass is 379 g/mol. The minimum atomic E-state index is -0.0997. The van der Waals surface area contributed by atoms with Gasteiger partial charge < -0.3 is 5.32 Å². The van der Waals surface area contributed by atoms with Gasteiger partial charge in [-0.15, -0.1) is 10.2 Å². The van der Waals surface area contributed by atoms with Gasteiger partial charge in [-0.05, 0) is 43.0 Å². The lowest BCUT2D eigenvalue weighted by Gasteiger charge is -2.14. The van der Waals surface area contributed by atoms with Crippen molar-refractivity contribution in [3.05, 3.63) is 28.7 Å². The molecule has 1 aromatic carbocycles. The highest BCUT2D eigenvalue weighted by atomic mass is 79.9. The van der Waals surface area contributed by atoms with Crippen LogP contribution in [0.25, 0.3) is 11.4 Å². The molecule has 1 aromatic heterocycles. The Balaban J connectivity index is 1.91. The van der Waals surface area contributed by atoms with Crippen LogP contribution in [-0.4, -0.2) is 32.2 Å². The van der Waals surface area contributed by atoms with Gasteiger partial charge in [-0.3, -0.25) is 4.79 Å². The van der Waals surface area contributed by atoms with Crippen LogP contribution < -0.4 is 5.32 Å². The molecular formula is C16H22BrN5O. The molecule has 7 heteroatoms. The first-order valence-electron chi connectivity index (χ1n) is 7.77. The van der Waals surface area contributed by atoms with E-state index >= 15 is 0 Å². The molecule has 1 atom stereocenters. The van der Waals surface area contributed by atoms with Gasteiger partial charge in [0, 0.05) is 16.1 Å². The van der Waals surface area contributed by atoms with Crippen molar-refractivity contribution in [1.82, 2.24) is 25.5 Å². The fourth-order valence-corrected chi connectivity index (χ4v) is 2.63. The fourth-order valence-electron chi connectivity index (χ4n) is 2.16. The molecule has 1 heterocycles. The first-order chi connectivity index (χ1) is 11.0. The highest BCUT2D eigenvalue weighted by Crippen LogP contribution is 2.24. The van der Waals surface area contributed by atoms with Crippen LogP contribution in [0.5, 0.6) is 0 Å². The largest absolute Gasteiger partial charge is 0.352 e. The van der Waals surface area contributed by atoms with E-state index in [0.717, 1.165) is 22.9 Å². The molecule has 0 aliphatic heterocycles. The summed E-state index contributed by atoms with van der Waals surface area (Å²) in [5.74, 6) is 1.04. The number of halogens is 1. The molecule has 0 unspecified atom stereocenters. The smallest absolute Gasteiger partial charge is 0.243 e. The molecular weight excluding hydrogens is 358 g/mol. The van der Waals surface area contributed by atoms with Crippen molar-refractivity contribution in [3.63, 3.8) is 0 Å². The summed E-state index contributed by atoms with van der Waals surface area (Å²) >= 11 is 3.46. The maximum absolute atomic E-state index is 12.0. The topological polar surface area (TPSA) is 72.7 Å². The quantitative estimate of drug-likeness (QED) is 0.802. The Morgan fingerprint density at radius 1 is 1.26 bits per heavy atom. The summed E-state index contributed by atoms with van der Waals surface area (Å²) in [6.07, 6.45) is 2.06. The molecule has 0 spiro atoms. The molecule has 0 radical (unpaired) electrons. The molecule has 6 nitrogen and oxygen atoms in total. The third-order valence-corrected chi connectivity index (χ3v) is 4.13. The summed E-state index contributed by atoms with van der Waals surface area (Å²) in [5, 5.41) is 15.2. The van der Waals surface area contributed by atoms with Crippen molar-refractivity contribution in [2.24, 2.45) is 5.92 Å². The summed E-state index contributed by atoms with van der Waals surface area (Å²) < 4.78 is 0.895. The van der Waals surface area contributed by atoms with E-state index in [-0.39, 0.29) is 18.5 Å². The molecule has 0 saturated heterocycles. The third-order valence-electron chi connectivity index (χ3n) is 3.44. The van der Waals surface area contributed by atoms with Gasteiger partial charge in [-0.25, -0.2) is 0 Å². The van der Waals surface area contributed by atoms with Crippen LogP contribution in [0.4, 0.5) is 0 Å². The molecule has 1 N–H and O–H groups in total. The molecule has 124 valence electrons. The average molecular weight is 380 g/mol. The Bertz CT molecular complexity index is 655. The van der Waals surface area contributed by atoms with E-state index in [1.165, 1.54) is 4.80 Å². The zero-order valence-corrected chi connectivity index (χ0v) is 15.2. The first kappa shape index (κ1) is 17.6. The Labute approximate surface area is 144 Å². The Morgan fingerprint density at radius 2 is 2.00 bits per heavy atom. The maximum Gasteiger partial charge on any atom is 0.243 e. The third kappa shape index (κ3) is 5.42. The van der Waals surface area contributed by atoms with Crippen LogP contribution >= 0.6 is 15.9 Å². The van der Waals surface area contributed by atoms with E-state index in [9.17, 15) is 4.79 Å². The molecule has 1 amide bonds. The normalized spacial score (nSPS) is 12.4. The summed E-state index contributed by atoms with van der Waals surface area (Å²) in [6, 6.07) is 7.79. The molecule has 0 fully saturated rings. The Morgan fingerprint density at radius 3 is 2.70 bits per heavy atom. The standard InChI is InChI=1S/C16H22BrN5O/c1-11(2)8-9-12(3)18-15(23)10-22-20-16(19-21-22)13-6-4-5-7-14(13)17/h4-7,11-12H,8-10H2,1-3H3,(H,18,23)/t12-/m1/s1. The second kappa shape index (κ2) is 8.19. The predicted molar refractivity (Wildman–Crippen MR) is 92.6 cm³/mol. The van der Waals surface area contributed by atoms with Gasteiger partial charge in [-0.2, -0.15) is 4.80 Å². The SMILES string of the molecule is CC(C)CC[C@@H](C)NC(=O)Cn1nnc(-c2ccccc2Br)n1. The fraction of sp³-hybridized carbons (Fsp3) is 0.500. The molecule has 0 aliphatic carbocycles. The van der Waals surface area contributed by atoms with Crippen molar-refractivity contribution >= 4 is 21.8 Å². The summed E-state index contributed by atoms with van der Waals surface area (Å²) in [7, 11) is 0. The summed E-state index contributed by atoms with van der Waals surface area (Å²) in [6.45, 7) is 6.44. The van der Waals surface area contributed by atoms with Gasteiger partial charge >= 0.3 is 0 Å². The van der Waals surface area contributed by atoms with Crippen molar-refractivity contribution < 1.29 is 4.79 Å². The molecule has 23 heavy (non-hydrogen) atoms. The molecule has 2 rings (SSSR count). The number of rotatable bonds is 7. The van der Waals surface area contributed by atoms with Crippen LogP contribution in [0.3, 0.4) is 0 Å². The van der Waals surface area contributed by atoms with E-state index in [4.69, 9.17) is 0 Å². The number of hydrogen-bond acceptors (Lipinski definition) is 4. The number of amides is 1. The number of benzene rings is 1. The summed E-state index contributed by atoms with van der Waals surface area (Å²) in [5.41, 5.74) is 0.851. The predicted octanol–water partition coefficient (Wildman–Crippen LogP) is 3.04. The number of tetrazole rings is 1. The number of carbonyl (C=O) groups excluding carboxylic acids is 1. The second-order valence-electron chi connectivity index (χ2n) is 6.06. The minimum Gasteiger partial charge on any atom is -0.352 e. The van der Waals surface area contributed by atoms with E-state index in [1.54, 1.807) is 0 Å². The molecule has 0 aliphatic rings. The minimum absolute atomic E-state index is 0.0729. The summed E-state index contributed by atoms with van der Waals surface area (Å²) in [4.78, 5) is 13.3. The second-order valence-corrected chi connectivity index (χ2v) is 6.92. The van der Waals surface area contributed by atoms with Gasteiger partial charge in [0.2, 0.25) is 11.7 Å². The Hall–Kier alpha value is -1.76. The van der Waals surface area contributed by atoms with E-state index in [0.29, 0.717) is 11.7 Å². The average Bonchev–Trinajstić information content (AvgIpc) is 2.93. The van der Waals surface area contributed by atoms with Gasteiger partial charge in [-0.1, -0.05) is 41.9 Å². The highest BCUT2D eigenvalue weighted by molar-refractivity contribution is 9.10. The van der Waals surface area contributed by atoms with Crippen molar-refractivity contribution in [2.75, 3.05) is 0 Å². The van der Waals surface area contributed by atoms with Crippen molar-refractivity contribution in [2.45, 2.75) is 46.2 Å². The van der Waals surface area contributed by atoms with Gasteiger partial charge in [0.15, 0.2) is 0 Å². The van der Waals surface area contributed by atoms with E-state index < -0.39 is 0 Å². The number of carbonyl (C=O) groups is 1. The highest BCUT2D eigenvalue weighted by Gasteiger charge is 2.13. The Kier molecular flexibility index (Phi) is 6.27. The van der Waals surface area contributed by atoms with Gasteiger partial charge in [0.1, 0.15) is 6.54 Å². The number of nitrogens with zero attached hydrogens (tertiary/aromatic N) is 4. The van der Waals surface area contributed by atoms with Crippen LogP contribution in [0, 0.1) is 5.92 Å². The number of aromatic nitrogens is 4. The first-order valence-corrected chi connectivity index (χ1v) is 8.57. The zero-order valence-electron chi connectivity index (χ0n) is 13.7. The number of nitrogens with one attached hydrogen (secondary N) is 1. The lowest BCUT2D eigenvalue weighted by Crippen LogP contribution is -2.35.